The van der Waals surface area contributed by atoms with Crippen LogP contribution in [0.5, 0.6) is 0 Å². The topological polar surface area (TPSA) is 58.1 Å². The second-order valence-electron chi connectivity index (χ2n) is 6.26. The van der Waals surface area contributed by atoms with Crippen LogP contribution in [0.3, 0.4) is 0 Å². The van der Waals surface area contributed by atoms with E-state index in [9.17, 15) is 18.0 Å². The number of pyridine rings is 1. The fraction of sp³-hybridized carbons (Fsp3) is 0.389. The summed E-state index contributed by atoms with van der Waals surface area (Å²) >= 11 is 1.22. The Morgan fingerprint density at radius 2 is 2.15 bits per heavy atom. The number of nitriles is 1. The monoisotopic (exact) mass is 379 g/mol. The first-order chi connectivity index (χ1) is 12.3. The van der Waals surface area contributed by atoms with Gasteiger partial charge in [0.15, 0.2) is 0 Å². The molecule has 0 saturated heterocycles. The summed E-state index contributed by atoms with van der Waals surface area (Å²) in [7, 11) is 0. The third kappa shape index (κ3) is 3.44. The highest BCUT2D eigenvalue weighted by molar-refractivity contribution is 7.13. The molecule has 0 N–H and O–H groups in total. The summed E-state index contributed by atoms with van der Waals surface area (Å²) in [6.07, 6.45) is -1.18. The van der Waals surface area contributed by atoms with E-state index in [0.717, 1.165) is 35.7 Å². The number of aromatic nitrogens is 1. The van der Waals surface area contributed by atoms with Gasteiger partial charge < -0.3 is 0 Å². The van der Waals surface area contributed by atoms with Crippen LogP contribution in [0, 0.1) is 17.2 Å². The van der Waals surface area contributed by atoms with Gasteiger partial charge >= 0.3 is 6.18 Å². The first-order valence-corrected chi connectivity index (χ1v) is 9.10. The summed E-state index contributed by atoms with van der Waals surface area (Å²) in [6, 6.07) is 5.59. The first-order valence-electron chi connectivity index (χ1n) is 8.22. The number of nitrogens with zero attached hydrogens (tertiary/aromatic N) is 3. The van der Waals surface area contributed by atoms with Crippen LogP contribution in [0.25, 0.3) is 10.6 Å². The van der Waals surface area contributed by atoms with Gasteiger partial charge in [-0.15, -0.1) is 11.3 Å². The van der Waals surface area contributed by atoms with Crippen molar-refractivity contribution in [1.82, 2.24) is 4.68 Å². The summed E-state index contributed by atoms with van der Waals surface area (Å²) in [4.78, 5) is 13.2. The second kappa shape index (κ2) is 7.08. The largest absolute Gasteiger partial charge is 0.417 e. The van der Waals surface area contributed by atoms with Crippen LogP contribution < -0.4 is 5.56 Å². The first kappa shape index (κ1) is 18.4. The fourth-order valence-corrected chi connectivity index (χ4v) is 3.80. The van der Waals surface area contributed by atoms with Crippen LogP contribution in [-0.2, 0) is 6.18 Å². The maximum Gasteiger partial charge on any atom is 0.417 e. The molecule has 0 aliphatic heterocycles. The van der Waals surface area contributed by atoms with Crippen LogP contribution in [0.4, 0.5) is 13.2 Å². The average molecular weight is 379 g/mol. The molecule has 4 nitrogen and oxygen atoms in total. The Kier molecular flexibility index (Phi) is 5.01. The number of thiophene rings is 1. The molecule has 1 saturated carbocycles. The Bertz CT molecular complexity index is 936. The molecule has 2 heterocycles. The Hall–Kier alpha value is -2.40. The van der Waals surface area contributed by atoms with Crippen LogP contribution >= 0.6 is 11.3 Å². The van der Waals surface area contributed by atoms with Crippen LogP contribution in [0.15, 0.2) is 33.5 Å². The zero-order valence-electron chi connectivity index (χ0n) is 14.0. The maximum atomic E-state index is 13.4. The van der Waals surface area contributed by atoms with Crippen molar-refractivity contribution >= 4 is 17.0 Å². The molecule has 3 rings (SSSR count). The van der Waals surface area contributed by atoms with E-state index < -0.39 is 22.9 Å². The molecule has 2 aromatic rings. The van der Waals surface area contributed by atoms with Crippen molar-refractivity contribution < 1.29 is 13.2 Å². The van der Waals surface area contributed by atoms with E-state index in [1.54, 1.807) is 17.5 Å². The highest BCUT2D eigenvalue weighted by Gasteiger charge is 2.37. The quantitative estimate of drug-likeness (QED) is 0.747. The van der Waals surface area contributed by atoms with E-state index in [2.05, 4.69) is 5.10 Å². The Labute approximate surface area is 152 Å². The van der Waals surface area contributed by atoms with Gasteiger partial charge in [0.1, 0.15) is 11.6 Å². The van der Waals surface area contributed by atoms with Gasteiger partial charge in [0.25, 0.3) is 5.56 Å². The van der Waals surface area contributed by atoms with Gasteiger partial charge in [0.2, 0.25) is 0 Å². The molecule has 1 unspecified atom stereocenters. The average Bonchev–Trinajstić information content (AvgIpc) is 3.11. The molecule has 0 radical (unpaired) electrons. The minimum absolute atomic E-state index is 0.0570. The highest BCUT2D eigenvalue weighted by atomic mass is 32.1. The molecule has 1 fully saturated rings. The van der Waals surface area contributed by atoms with Gasteiger partial charge in [0.05, 0.1) is 16.1 Å². The molecule has 1 aliphatic rings. The molecule has 2 aromatic heterocycles. The molecule has 0 aromatic carbocycles. The molecule has 1 aliphatic carbocycles. The van der Waals surface area contributed by atoms with Crippen molar-refractivity contribution in [2.45, 2.75) is 38.8 Å². The lowest BCUT2D eigenvalue weighted by atomic mass is 9.89. The van der Waals surface area contributed by atoms with Crippen molar-refractivity contribution in [1.29, 1.82) is 5.26 Å². The highest BCUT2D eigenvalue weighted by Crippen LogP contribution is 2.35. The van der Waals surface area contributed by atoms with E-state index in [4.69, 9.17) is 5.26 Å². The van der Waals surface area contributed by atoms with E-state index in [0.29, 0.717) is 11.3 Å². The molecule has 0 spiro atoms. The van der Waals surface area contributed by atoms with Gasteiger partial charge in [-0.05, 0) is 42.7 Å². The molecule has 1 atom stereocenters. The normalized spacial score (nSPS) is 19.5. The van der Waals surface area contributed by atoms with Crippen LogP contribution in [0.1, 0.15) is 43.7 Å². The van der Waals surface area contributed by atoms with E-state index in [-0.39, 0.29) is 11.6 Å². The van der Waals surface area contributed by atoms with E-state index in [1.807, 2.05) is 6.92 Å². The van der Waals surface area contributed by atoms with Gasteiger partial charge in [-0.1, -0.05) is 19.4 Å². The summed E-state index contributed by atoms with van der Waals surface area (Å²) < 4.78 is 41.0. The van der Waals surface area contributed by atoms with E-state index >= 15 is 0 Å². The SMILES string of the molecule is CC1CCCCC1=Nn1c(-c2cccs2)cc(C(F)(F)F)c(C#N)c1=O. The molecular formula is C18H16F3N3OS. The van der Waals surface area contributed by atoms with Crippen molar-refractivity contribution in [3.8, 4) is 16.6 Å². The standard InChI is InChI=1S/C18H16F3N3OS/c1-11-5-2-3-6-14(11)23-24-15(16-7-4-8-26-16)9-13(18(19,20)21)12(10-22)17(24)25/h4,7-9,11H,2-3,5-6H2,1H3. The third-order valence-electron chi connectivity index (χ3n) is 4.49. The van der Waals surface area contributed by atoms with Crippen molar-refractivity contribution in [2.24, 2.45) is 11.0 Å². The number of alkyl halides is 3. The van der Waals surface area contributed by atoms with Gasteiger partial charge in [0, 0.05) is 5.71 Å². The molecule has 26 heavy (non-hydrogen) atoms. The van der Waals surface area contributed by atoms with Crippen LogP contribution in [0.2, 0.25) is 0 Å². The Morgan fingerprint density at radius 1 is 1.38 bits per heavy atom. The second-order valence-corrected chi connectivity index (χ2v) is 7.21. The minimum atomic E-state index is -4.79. The van der Waals surface area contributed by atoms with Crippen molar-refractivity contribution in [3.63, 3.8) is 0 Å². The minimum Gasteiger partial charge on any atom is -0.266 e. The third-order valence-corrected chi connectivity index (χ3v) is 5.39. The van der Waals surface area contributed by atoms with Crippen LogP contribution in [-0.4, -0.2) is 10.4 Å². The number of hydrogen-bond donors (Lipinski definition) is 0. The lowest BCUT2D eigenvalue weighted by molar-refractivity contribution is -0.137. The zero-order chi connectivity index (χ0) is 18.9. The number of halogens is 3. The predicted molar refractivity (Wildman–Crippen MR) is 94.2 cm³/mol. The molecule has 0 amide bonds. The Morgan fingerprint density at radius 3 is 2.73 bits per heavy atom. The molecule has 136 valence electrons. The molecule has 0 bridgehead atoms. The maximum absolute atomic E-state index is 13.4. The number of rotatable bonds is 2. The van der Waals surface area contributed by atoms with E-state index in [1.165, 1.54) is 17.4 Å². The van der Waals surface area contributed by atoms with Crippen molar-refractivity contribution in [3.05, 3.63) is 45.1 Å². The fourth-order valence-electron chi connectivity index (χ4n) is 3.08. The summed E-state index contributed by atoms with van der Waals surface area (Å²) in [5.41, 5.74) is -2.34. The zero-order valence-corrected chi connectivity index (χ0v) is 14.8. The lowest BCUT2D eigenvalue weighted by Gasteiger charge is -2.21. The predicted octanol–water partition coefficient (Wildman–Crippen LogP) is 4.88. The van der Waals surface area contributed by atoms with Gasteiger partial charge in [-0.2, -0.15) is 28.2 Å². The smallest absolute Gasteiger partial charge is 0.266 e. The summed E-state index contributed by atoms with van der Waals surface area (Å²) in [5.74, 6) is 0.152. The van der Waals surface area contributed by atoms with Crippen molar-refractivity contribution in [2.75, 3.05) is 0 Å². The molecule has 8 heteroatoms. The van der Waals surface area contributed by atoms with Gasteiger partial charge in [-0.3, -0.25) is 4.79 Å². The molecular weight excluding hydrogens is 363 g/mol. The number of hydrogen-bond acceptors (Lipinski definition) is 4. The van der Waals surface area contributed by atoms with Gasteiger partial charge in [-0.25, -0.2) is 0 Å². The summed E-state index contributed by atoms with van der Waals surface area (Å²) in [5, 5.41) is 15.3. The Balaban J connectivity index is 2.31. The summed E-state index contributed by atoms with van der Waals surface area (Å²) in [6.45, 7) is 1.99. The lowest BCUT2D eigenvalue weighted by Crippen LogP contribution is -2.28.